The molecule has 7 aliphatic carbocycles. The predicted octanol–water partition coefficient (Wildman–Crippen LogP) is 11.8. The minimum atomic E-state index is 0.474. The van der Waals surface area contributed by atoms with Crippen LogP contribution in [0.15, 0.2) is 58.7 Å². The molecule has 1 aromatic rings. The van der Waals surface area contributed by atoms with E-state index in [-0.39, 0.29) is 0 Å². The second kappa shape index (κ2) is 13.2. The molecule has 3 N–H and O–H groups in total. The average Bonchev–Trinajstić information content (AvgIpc) is 3.61. The number of nitrogens with one attached hydrogen (secondary N) is 1. The average molecular weight is 649 g/mol. The second-order valence-electron chi connectivity index (χ2n) is 16.5. The third kappa shape index (κ3) is 5.58. The first-order valence-electron chi connectivity index (χ1n) is 19.1. The van der Waals surface area contributed by atoms with Gasteiger partial charge in [-0.1, -0.05) is 66.7 Å². The molecule has 5 saturated carbocycles. The SMILES string of the molecule is C/C=C1/CCC2C3CCc4cc(N)c(NSC)cc4C3CCC12C.CC#CC1=CCC2CCC3C(CCC4(C)/C(=C\C)CCC34)C2=C1. The quantitative estimate of drug-likeness (QED) is 0.145. The minimum absolute atomic E-state index is 0.474. The number of hydrogen-bond acceptors (Lipinski definition) is 3. The first-order valence-corrected chi connectivity index (χ1v) is 20.3. The molecule has 0 amide bonds. The van der Waals surface area contributed by atoms with E-state index in [2.05, 4.69) is 87.0 Å². The van der Waals surface area contributed by atoms with Gasteiger partial charge in [-0.05, 0) is 186 Å². The van der Waals surface area contributed by atoms with Crippen LogP contribution in [0.1, 0.15) is 129 Å². The Hall–Kier alpha value is -2.31. The molecule has 0 bridgehead atoms. The lowest BCUT2D eigenvalue weighted by molar-refractivity contribution is 0.0458. The minimum Gasteiger partial charge on any atom is -0.397 e. The van der Waals surface area contributed by atoms with Gasteiger partial charge in [0.15, 0.2) is 0 Å². The molecule has 0 aromatic heterocycles. The van der Waals surface area contributed by atoms with E-state index in [0.29, 0.717) is 10.8 Å². The van der Waals surface area contributed by atoms with Crippen LogP contribution in [0, 0.1) is 58.2 Å². The van der Waals surface area contributed by atoms with Gasteiger partial charge in [0, 0.05) is 11.8 Å². The van der Waals surface area contributed by atoms with Crippen molar-refractivity contribution >= 4 is 23.3 Å². The fourth-order valence-corrected chi connectivity index (χ4v) is 13.1. The summed E-state index contributed by atoms with van der Waals surface area (Å²) >= 11 is 1.63. The molecule has 2 nitrogen and oxygen atoms in total. The van der Waals surface area contributed by atoms with Crippen molar-refractivity contribution in [2.75, 3.05) is 16.7 Å². The van der Waals surface area contributed by atoms with Crippen molar-refractivity contribution in [1.29, 1.82) is 0 Å². The number of hydrogen-bond donors (Lipinski definition) is 2. The Labute approximate surface area is 291 Å². The van der Waals surface area contributed by atoms with E-state index < -0.39 is 0 Å². The summed E-state index contributed by atoms with van der Waals surface area (Å²) in [5.74, 6) is 12.4. The Morgan fingerprint density at radius 3 is 2.15 bits per heavy atom. The van der Waals surface area contributed by atoms with Crippen LogP contribution in [0.5, 0.6) is 0 Å². The smallest absolute Gasteiger partial charge is 0.0675 e. The third-order valence-corrected chi connectivity index (χ3v) is 15.3. The predicted molar refractivity (Wildman–Crippen MR) is 204 cm³/mol. The number of nitrogens with two attached hydrogens (primary N) is 1. The summed E-state index contributed by atoms with van der Waals surface area (Å²) in [5.41, 5.74) is 18.9. The fraction of sp³-hybridized carbons (Fsp3) is 0.636. The van der Waals surface area contributed by atoms with E-state index in [1.807, 2.05) is 6.92 Å². The van der Waals surface area contributed by atoms with E-state index in [1.165, 1.54) is 94.6 Å². The normalized spacial score (nSPS) is 39.7. The van der Waals surface area contributed by atoms with Crippen molar-refractivity contribution in [3.63, 3.8) is 0 Å². The first-order chi connectivity index (χ1) is 22.7. The first kappa shape index (κ1) is 33.2. The fourth-order valence-electron chi connectivity index (χ4n) is 12.7. The number of rotatable bonds is 2. The summed E-state index contributed by atoms with van der Waals surface area (Å²) in [6.07, 6.45) is 29.5. The Morgan fingerprint density at radius 2 is 1.51 bits per heavy atom. The van der Waals surface area contributed by atoms with Crippen LogP contribution in [-0.4, -0.2) is 6.26 Å². The summed E-state index contributed by atoms with van der Waals surface area (Å²) in [6.45, 7) is 11.6. The maximum absolute atomic E-state index is 6.26. The van der Waals surface area contributed by atoms with Crippen LogP contribution >= 0.6 is 11.9 Å². The maximum atomic E-state index is 6.26. The molecule has 9 atom stereocenters. The second-order valence-corrected chi connectivity index (χ2v) is 17.2. The van der Waals surface area contributed by atoms with Gasteiger partial charge in [0.1, 0.15) is 0 Å². The lowest BCUT2D eigenvalue weighted by Crippen LogP contribution is -2.43. The van der Waals surface area contributed by atoms with Crippen LogP contribution in [0.2, 0.25) is 0 Å². The van der Waals surface area contributed by atoms with E-state index in [1.54, 1.807) is 34.2 Å². The van der Waals surface area contributed by atoms with Crippen LogP contribution in [-0.2, 0) is 6.42 Å². The highest BCUT2D eigenvalue weighted by molar-refractivity contribution is 7.99. The van der Waals surface area contributed by atoms with Crippen molar-refractivity contribution in [3.05, 3.63) is 69.9 Å². The highest BCUT2D eigenvalue weighted by Crippen LogP contribution is 2.64. The van der Waals surface area contributed by atoms with Crippen molar-refractivity contribution in [2.45, 2.75) is 124 Å². The van der Waals surface area contributed by atoms with Crippen molar-refractivity contribution in [2.24, 2.45) is 46.3 Å². The lowest BCUT2D eigenvalue weighted by atomic mass is 9.53. The molecule has 252 valence electrons. The standard InChI is InChI=1S/C23H30.C21H30N2S/c1-4-6-16-7-8-17-9-11-20-19(21(17)15-16)13-14-23(3)18(5-2)10-12-22(20)23;1-4-14-6-8-18-16-7-5-13-11-19(22)20(23-24-3)12-17(13)15(16)9-10-21(14,18)2/h5,7,15,17,19-20,22H,8-14H2,1-3H3;4,11-12,15-16,18,23H,5-10,22H2,1-3H3/b18-5-;14-4-. The van der Waals surface area contributed by atoms with Gasteiger partial charge >= 0.3 is 0 Å². The summed E-state index contributed by atoms with van der Waals surface area (Å²) in [7, 11) is 0. The maximum Gasteiger partial charge on any atom is 0.0675 e. The highest BCUT2D eigenvalue weighted by atomic mass is 32.2. The van der Waals surface area contributed by atoms with Gasteiger partial charge in [-0.25, -0.2) is 0 Å². The van der Waals surface area contributed by atoms with Gasteiger partial charge in [0.25, 0.3) is 0 Å². The number of nitrogen functional groups attached to an aromatic ring is 1. The van der Waals surface area contributed by atoms with Gasteiger partial charge in [-0.2, -0.15) is 0 Å². The van der Waals surface area contributed by atoms with E-state index in [9.17, 15) is 0 Å². The Bertz CT molecular complexity index is 1560. The number of aryl methyl sites for hydroxylation is 1. The summed E-state index contributed by atoms with van der Waals surface area (Å²) < 4.78 is 3.37. The molecule has 1 aromatic carbocycles. The van der Waals surface area contributed by atoms with Gasteiger partial charge < -0.3 is 10.5 Å². The number of anilines is 2. The van der Waals surface area contributed by atoms with Crippen LogP contribution in [0.25, 0.3) is 0 Å². The van der Waals surface area contributed by atoms with Gasteiger partial charge in [0.2, 0.25) is 0 Å². The molecule has 0 radical (unpaired) electrons. The Morgan fingerprint density at radius 1 is 0.851 bits per heavy atom. The molecular weight excluding hydrogens is 589 g/mol. The highest BCUT2D eigenvalue weighted by Gasteiger charge is 2.54. The summed E-state index contributed by atoms with van der Waals surface area (Å²) in [6, 6.07) is 4.61. The van der Waals surface area contributed by atoms with Gasteiger partial charge in [0.05, 0.1) is 11.4 Å². The molecule has 3 heteroatoms. The third-order valence-electron chi connectivity index (χ3n) is 14.9. The van der Waals surface area contributed by atoms with Gasteiger partial charge in [-0.15, -0.1) is 5.92 Å². The zero-order valence-corrected chi connectivity index (χ0v) is 31.0. The molecule has 8 rings (SSSR count). The van der Waals surface area contributed by atoms with Crippen LogP contribution in [0.4, 0.5) is 11.4 Å². The summed E-state index contributed by atoms with van der Waals surface area (Å²) in [4.78, 5) is 0. The molecule has 0 spiro atoms. The van der Waals surface area contributed by atoms with Crippen molar-refractivity contribution < 1.29 is 0 Å². The zero-order chi connectivity index (χ0) is 32.9. The molecule has 5 fully saturated rings. The largest absolute Gasteiger partial charge is 0.397 e. The molecule has 9 unspecified atom stereocenters. The van der Waals surface area contributed by atoms with E-state index in [0.717, 1.165) is 52.8 Å². The Kier molecular flexibility index (Phi) is 9.32. The van der Waals surface area contributed by atoms with Crippen LogP contribution in [0.3, 0.4) is 0 Å². The molecule has 47 heavy (non-hydrogen) atoms. The van der Waals surface area contributed by atoms with Crippen molar-refractivity contribution in [1.82, 2.24) is 0 Å². The molecular formula is C44H60N2S. The topological polar surface area (TPSA) is 38.0 Å². The monoisotopic (exact) mass is 648 g/mol. The Balaban J connectivity index is 0.000000150. The number of fused-ring (bicyclic) bond motifs is 10. The summed E-state index contributed by atoms with van der Waals surface area (Å²) in [5, 5.41) is 0. The van der Waals surface area contributed by atoms with E-state index >= 15 is 0 Å². The van der Waals surface area contributed by atoms with Crippen LogP contribution < -0.4 is 10.5 Å². The molecule has 0 saturated heterocycles. The molecule has 0 aliphatic heterocycles. The number of benzene rings is 1. The van der Waals surface area contributed by atoms with E-state index in [4.69, 9.17) is 5.73 Å². The molecule has 0 heterocycles. The molecule has 7 aliphatic rings. The van der Waals surface area contributed by atoms with Gasteiger partial charge in [-0.3, -0.25) is 0 Å². The lowest BCUT2D eigenvalue weighted by Gasteiger charge is -2.52. The zero-order valence-electron chi connectivity index (χ0n) is 30.2. The van der Waals surface area contributed by atoms with Crippen molar-refractivity contribution in [3.8, 4) is 11.8 Å². The number of allylic oxidation sites excluding steroid dienone is 8.